The molecule has 1 unspecified atom stereocenters. The molecule has 0 radical (unpaired) electrons. The van der Waals surface area contributed by atoms with Gasteiger partial charge in [0.05, 0.1) is 12.2 Å². The van der Waals surface area contributed by atoms with E-state index in [0.29, 0.717) is 23.1 Å². The van der Waals surface area contributed by atoms with Crippen LogP contribution in [0.1, 0.15) is 48.2 Å². The summed E-state index contributed by atoms with van der Waals surface area (Å²) in [6.45, 7) is 2.98. The SMILES string of the molecule is CCOC(=O)c1ccc(NCC(CC2CC2)c2ccc(-c3cc(Cl)ccc3Br)cn2)cc1. The van der Waals surface area contributed by atoms with Gasteiger partial charge in [-0.1, -0.05) is 46.4 Å². The Morgan fingerprint density at radius 3 is 2.62 bits per heavy atom. The van der Waals surface area contributed by atoms with E-state index in [0.717, 1.165) is 45.9 Å². The van der Waals surface area contributed by atoms with Crippen molar-refractivity contribution >= 4 is 39.2 Å². The molecule has 1 aliphatic rings. The number of esters is 1. The first-order chi connectivity index (χ1) is 15.5. The molecule has 1 N–H and O–H groups in total. The zero-order valence-corrected chi connectivity index (χ0v) is 20.3. The lowest BCUT2D eigenvalue weighted by molar-refractivity contribution is 0.0526. The third-order valence-electron chi connectivity index (χ3n) is 5.71. The van der Waals surface area contributed by atoms with E-state index >= 15 is 0 Å². The Morgan fingerprint density at radius 2 is 1.97 bits per heavy atom. The predicted molar refractivity (Wildman–Crippen MR) is 133 cm³/mol. The summed E-state index contributed by atoms with van der Waals surface area (Å²) < 4.78 is 6.05. The van der Waals surface area contributed by atoms with Crippen molar-refractivity contribution in [1.29, 1.82) is 0 Å². The number of anilines is 1. The van der Waals surface area contributed by atoms with Crippen molar-refractivity contribution in [3.63, 3.8) is 0 Å². The standard InChI is InChI=1S/C26H26BrClN2O2/c1-2-32-26(31)18-5-9-22(10-6-18)29-16-20(13-17-3-4-17)25-12-7-19(15-30-25)23-14-21(28)8-11-24(23)27/h5-12,14-15,17,20,29H,2-4,13,16H2,1H3. The minimum Gasteiger partial charge on any atom is -0.462 e. The van der Waals surface area contributed by atoms with Crippen LogP contribution in [0, 0.1) is 5.92 Å². The van der Waals surface area contributed by atoms with Gasteiger partial charge in [-0.05, 0) is 73.4 Å². The third kappa shape index (κ3) is 5.90. The van der Waals surface area contributed by atoms with Crippen LogP contribution in [-0.2, 0) is 4.74 Å². The maximum atomic E-state index is 11.8. The Hall–Kier alpha value is -2.37. The number of ether oxygens (including phenoxy) is 1. The van der Waals surface area contributed by atoms with Gasteiger partial charge in [0.1, 0.15) is 0 Å². The molecule has 1 atom stereocenters. The molecule has 1 aromatic heterocycles. The van der Waals surface area contributed by atoms with Gasteiger partial charge in [0.25, 0.3) is 0 Å². The molecule has 0 saturated heterocycles. The molecule has 32 heavy (non-hydrogen) atoms. The number of nitrogens with one attached hydrogen (secondary N) is 1. The minimum absolute atomic E-state index is 0.290. The maximum absolute atomic E-state index is 11.8. The number of pyridine rings is 1. The summed E-state index contributed by atoms with van der Waals surface area (Å²) in [5.41, 5.74) is 4.72. The topological polar surface area (TPSA) is 51.2 Å². The zero-order valence-electron chi connectivity index (χ0n) is 18.0. The molecule has 0 bridgehead atoms. The van der Waals surface area contributed by atoms with Crippen LogP contribution in [-0.4, -0.2) is 24.1 Å². The van der Waals surface area contributed by atoms with Gasteiger partial charge in [0, 0.05) is 45.1 Å². The Labute approximate surface area is 202 Å². The molecule has 1 fully saturated rings. The highest BCUT2D eigenvalue weighted by Gasteiger charge is 2.27. The Bertz CT molecular complexity index is 1070. The van der Waals surface area contributed by atoms with Crippen LogP contribution < -0.4 is 5.32 Å². The summed E-state index contributed by atoms with van der Waals surface area (Å²) in [6, 6.07) is 17.5. The monoisotopic (exact) mass is 512 g/mol. The van der Waals surface area contributed by atoms with E-state index in [1.165, 1.54) is 12.8 Å². The van der Waals surface area contributed by atoms with Gasteiger partial charge in [0.2, 0.25) is 0 Å². The second-order valence-electron chi connectivity index (χ2n) is 8.15. The summed E-state index contributed by atoms with van der Waals surface area (Å²) in [7, 11) is 0. The van der Waals surface area contributed by atoms with Crippen molar-refractivity contribution in [2.75, 3.05) is 18.5 Å². The molecule has 3 aromatic rings. The molecular weight excluding hydrogens is 488 g/mol. The van der Waals surface area contributed by atoms with Gasteiger partial charge in [-0.15, -0.1) is 0 Å². The van der Waals surface area contributed by atoms with E-state index in [9.17, 15) is 4.79 Å². The first kappa shape index (κ1) is 22.8. The number of rotatable bonds is 9. The Morgan fingerprint density at radius 1 is 1.19 bits per heavy atom. The van der Waals surface area contributed by atoms with Gasteiger partial charge >= 0.3 is 5.97 Å². The number of carbonyl (C=O) groups excluding carboxylic acids is 1. The van der Waals surface area contributed by atoms with Crippen LogP contribution >= 0.6 is 27.5 Å². The van der Waals surface area contributed by atoms with Gasteiger partial charge < -0.3 is 10.1 Å². The van der Waals surface area contributed by atoms with Gasteiger partial charge in [-0.25, -0.2) is 4.79 Å². The number of aromatic nitrogens is 1. The van der Waals surface area contributed by atoms with Gasteiger partial charge in [0.15, 0.2) is 0 Å². The highest BCUT2D eigenvalue weighted by atomic mass is 79.9. The fourth-order valence-corrected chi connectivity index (χ4v) is 4.42. The second-order valence-corrected chi connectivity index (χ2v) is 9.44. The smallest absolute Gasteiger partial charge is 0.338 e. The highest BCUT2D eigenvalue weighted by molar-refractivity contribution is 9.10. The highest BCUT2D eigenvalue weighted by Crippen LogP contribution is 2.39. The number of benzene rings is 2. The number of carbonyl (C=O) groups is 1. The molecule has 1 heterocycles. The molecule has 2 aromatic carbocycles. The molecule has 0 aliphatic heterocycles. The molecule has 166 valence electrons. The predicted octanol–water partition coefficient (Wildman–Crippen LogP) is 7.34. The summed E-state index contributed by atoms with van der Waals surface area (Å²) in [4.78, 5) is 16.7. The third-order valence-corrected chi connectivity index (χ3v) is 6.63. The van der Waals surface area contributed by atoms with Gasteiger partial charge in [-0.2, -0.15) is 0 Å². The van der Waals surface area contributed by atoms with E-state index in [4.69, 9.17) is 21.3 Å². The first-order valence-corrected chi connectivity index (χ1v) is 12.1. The molecule has 6 heteroatoms. The molecule has 1 saturated carbocycles. The fourth-order valence-electron chi connectivity index (χ4n) is 3.77. The Balaban J connectivity index is 1.45. The summed E-state index contributed by atoms with van der Waals surface area (Å²) in [6.07, 6.45) is 5.66. The molecule has 4 rings (SSSR count). The van der Waals surface area contributed by atoms with Crippen molar-refractivity contribution in [3.8, 4) is 11.1 Å². The van der Waals surface area contributed by atoms with Crippen LogP contribution in [0.4, 0.5) is 5.69 Å². The minimum atomic E-state index is -0.290. The van der Waals surface area contributed by atoms with Crippen LogP contribution in [0.3, 0.4) is 0 Å². The van der Waals surface area contributed by atoms with Crippen molar-refractivity contribution in [2.24, 2.45) is 5.92 Å². The van der Waals surface area contributed by atoms with Crippen molar-refractivity contribution < 1.29 is 9.53 Å². The van der Waals surface area contributed by atoms with Crippen LogP contribution in [0.5, 0.6) is 0 Å². The van der Waals surface area contributed by atoms with E-state index in [1.807, 2.05) is 43.5 Å². The van der Waals surface area contributed by atoms with E-state index in [1.54, 1.807) is 12.1 Å². The molecule has 1 aliphatic carbocycles. The lowest BCUT2D eigenvalue weighted by Gasteiger charge is -2.18. The Kier molecular flexibility index (Phi) is 7.48. The first-order valence-electron chi connectivity index (χ1n) is 11.0. The second kappa shape index (κ2) is 10.5. The zero-order chi connectivity index (χ0) is 22.5. The normalized spacial score (nSPS) is 14.1. The van der Waals surface area contributed by atoms with Crippen molar-refractivity contribution in [2.45, 2.75) is 32.1 Å². The molecule has 0 spiro atoms. The van der Waals surface area contributed by atoms with E-state index in [-0.39, 0.29) is 5.97 Å². The number of hydrogen-bond acceptors (Lipinski definition) is 4. The summed E-state index contributed by atoms with van der Waals surface area (Å²) >= 11 is 9.78. The average molecular weight is 514 g/mol. The average Bonchev–Trinajstić information content (AvgIpc) is 3.63. The van der Waals surface area contributed by atoms with Crippen LogP contribution in [0.25, 0.3) is 11.1 Å². The molecule has 0 amide bonds. The quantitative estimate of drug-likeness (QED) is 0.304. The number of hydrogen-bond donors (Lipinski definition) is 1. The maximum Gasteiger partial charge on any atom is 0.338 e. The molecular formula is C26H26BrClN2O2. The lowest BCUT2D eigenvalue weighted by atomic mass is 9.96. The van der Waals surface area contributed by atoms with E-state index in [2.05, 4.69) is 33.4 Å². The van der Waals surface area contributed by atoms with Crippen LogP contribution in [0.15, 0.2) is 65.3 Å². The van der Waals surface area contributed by atoms with Crippen molar-refractivity contribution in [3.05, 3.63) is 81.5 Å². The lowest BCUT2D eigenvalue weighted by Crippen LogP contribution is -2.15. The van der Waals surface area contributed by atoms with Gasteiger partial charge in [-0.3, -0.25) is 4.98 Å². The fraction of sp³-hybridized carbons (Fsp3) is 0.308. The summed E-state index contributed by atoms with van der Waals surface area (Å²) in [5.74, 6) is 0.821. The number of nitrogens with zero attached hydrogens (tertiary/aromatic N) is 1. The van der Waals surface area contributed by atoms with E-state index < -0.39 is 0 Å². The molecule has 4 nitrogen and oxygen atoms in total. The number of halogens is 2. The summed E-state index contributed by atoms with van der Waals surface area (Å²) in [5, 5.41) is 4.23. The van der Waals surface area contributed by atoms with Crippen molar-refractivity contribution in [1.82, 2.24) is 4.98 Å². The van der Waals surface area contributed by atoms with Crippen LogP contribution in [0.2, 0.25) is 5.02 Å². The largest absolute Gasteiger partial charge is 0.462 e.